The maximum atomic E-state index is 12.2. The van der Waals surface area contributed by atoms with E-state index in [2.05, 4.69) is 10.6 Å². The van der Waals surface area contributed by atoms with Gasteiger partial charge in [-0.3, -0.25) is 9.59 Å². The zero-order chi connectivity index (χ0) is 15.9. The van der Waals surface area contributed by atoms with Crippen molar-refractivity contribution in [3.05, 3.63) is 35.4 Å². The molecule has 0 aliphatic carbocycles. The van der Waals surface area contributed by atoms with Crippen LogP contribution in [0.4, 0.5) is 0 Å². The molecule has 0 saturated carbocycles. The first-order chi connectivity index (χ1) is 10.6. The van der Waals surface area contributed by atoms with Gasteiger partial charge in [-0.15, -0.1) is 12.4 Å². The highest BCUT2D eigenvalue weighted by Crippen LogP contribution is 2.13. The number of nitrogens with zero attached hydrogens (tertiary/aromatic N) is 1. The summed E-state index contributed by atoms with van der Waals surface area (Å²) in [6, 6.07) is 6.87. The van der Waals surface area contributed by atoms with E-state index < -0.39 is 0 Å². The number of hydrogen-bond donors (Lipinski definition) is 2. The van der Waals surface area contributed by atoms with Gasteiger partial charge in [0.15, 0.2) is 0 Å². The van der Waals surface area contributed by atoms with E-state index in [0.29, 0.717) is 23.6 Å². The highest BCUT2D eigenvalue weighted by molar-refractivity contribution is 5.99. The Labute approximate surface area is 144 Å². The van der Waals surface area contributed by atoms with Crippen molar-refractivity contribution in [3.63, 3.8) is 0 Å². The van der Waals surface area contributed by atoms with Crippen LogP contribution in [0.3, 0.4) is 0 Å². The van der Waals surface area contributed by atoms with Crippen LogP contribution < -0.4 is 10.6 Å². The van der Waals surface area contributed by atoms with Crippen LogP contribution in [0.25, 0.3) is 0 Å². The Morgan fingerprint density at radius 3 is 2.70 bits per heavy atom. The lowest BCUT2D eigenvalue weighted by Gasteiger charge is -2.22. The number of hydrogen-bond acceptors (Lipinski definition) is 3. The van der Waals surface area contributed by atoms with Crippen LogP contribution in [0.5, 0.6) is 0 Å². The van der Waals surface area contributed by atoms with Gasteiger partial charge < -0.3 is 15.5 Å². The van der Waals surface area contributed by atoms with Crippen LogP contribution in [0.1, 0.15) is 40.0 Å². The molecule has 1 aromatic carbocycles. The van der Waals surface area contributed by atoms with E-state index in [4.69, 9.17) is 0 Å². The minimum absolute atomic E-state index is 0. The number of piperidine rings is 1. The van der Waals surface area contributed by atoms with Crippen LogP contribution in [-0.2, 0) is 0 Å². The molecule has 1 aromatic rings. The molecule has 1 heterocycles. The van der Waals surface area contributed by atoms with E-state index in [1.54, 1.807) is 38.4 Å². The summed E-state index contributed by atoms with van der Waals surface area (Å²) in [5, 5.41) is 6.33. The third kappa shape index (κ3) is 5.84. The largest absolute Gasteiger partial charge is 0.352 e. The van der Waals surface area contributed by atoms with Crippen LogP contribution in [-0.4, -0.2) is 50.4 Å². The summed E-state index contributed by atoms with van der Waals surface area (Å²) in [7, 11) is 3.40. The summed E-state index contributed by atoms with van der Waals surface area (Å²) in [5.41, 5.74) is 1.07. The van der Waals surface area contributed by atoms with Gasteiger partial charge in [0.25, 0.3) is 11.8 Å². The monoisotopic (exact) mass is 339 g/mol. The van der Waals surface area contributed by atoms with Crippen molar-refractivity contribution < 1.29 is 9.59 Å². The molecule has 1 aliphatic rings. The van der Waals surface area contributed by atoms with Crippen molar-refractivity contribution >= 4 is 24.2 Å². The SMILES string of the molecule is CN(C)C(=O)c1cccc(C(=O)NCCC2CCCNC2)c1.Cl. The average Bonchev–Trinajstić information content (AvgIpc) is 2.55. The van der Waals surface area contributed by atoms with Gasteiger partial charge in [-0.1, -0.05) is 6.07 Å². The van der Waals surface area contributed by atoms with Gasteiger partial charge in [0.05, 0.1) is 0 Å². The van der Waals surface area contributed by atoms with Gasteiger partial charge in [-0.25, -0.2) is 0 Å². The third-order valence-corrected chi connectivity index (χ3v) is 4.01. The summed E-state index contributed by atoms with van der Waals surface area (Å²) in [6.45, 7) is 2.83. The first-order valence-corrected chi connectivity index (χ1v) is 7.88. The summed E-state index contributed by atoms with van der Waals surface area (Å²) < 4.78 is 0. The molecule has 2 N–H and O–H groups in total. The van der Waals surface area contributed by atoms with Crippen molar-refractivity contribution in [3.8, 4) is 0 Å². The van der Waals surface area contributed by atoms with Crippen LogP contribution in [0.15, 0.2) is 24.3 Å². The molecule has 23 heavy (non-hydrogen) atoms. The number of halogens is 1. The minimum Gasteiger partial charge on any atom is -0.352 e. The lowest BCUT2D eigenvalue weighted by atomic mass is 9.96. The third-order valence-electron chi connectivity index (χ3n) is 4.01. The smallest absolute Gasteiger partial charge is 0.253 e. The number of rotatable bonds is 5. The maximum absolute atomic E-state index is 12.2. The summed E-state index contributed by atoms with van der Waals surface area (Å²) in [5.74, 6) is 0.441. The Kier molecular flexibility index (Phi) is 8.06. The molecule has 1 saturated heterocycles. The number of benzene rings is 1. The van der Waals surface area contributed by atoms with Crippen molar-refractivity contribution in [1.82, 2.24) is 15.5 Å². The number of carbonyl (C=O) groups is 2. The second-order valence-electron chi connectivity index (χ2n) is 6.04. The van der Waals surface area contributed by atoms with Gasteiger partial charge in [-0.05, 0) is 56.5 Å². The molecule has 0 spiro atoms. The maximum Gasteiger partial charge on any atom is 0.253 e. The van der Waals surface area contributed by atoms with Gasteiger partial charge in [0.1, 0.15) is 0 Å². The van der Waals surface area contributed by atoms with Crippen LogP contribution in [0.2, 0.25) is 0 Å². The zero-order valence-electron chi connectivity index (χ0n) is 13.8. The Morgan fingerprint density at radius 1 is 1.30 bits per heavy atom. The molecule has 5 nitrogen and oxygen atoms in total. The molecular weight excluding hydrogens is 314 g/mol. The van der Waals surface area contributed by atoms with E-state index >= 15 is 0 Å². The van der Waals surface area contributed by atoms with Crippen molar-refractivity contribution in [2.24, 2.45) is 5.92 Å². The van der Waals surface area contributed by atoms with E-state index in [-0.39, 0.29) is 24.2 Å². The molecular formula is C17H26ClN3O2. The molecule has 1 unspecified atom stereocenters. The predicted octanol–water partition coefficient (Wildman–Crippen LogP) is 1.93. The molecule has 1 fully saturated rings. The molecule has 6 heteroatoms. The first kappa shape index (κ1) is 19.5. The van der Waals surface area contributed by atoms with E-state index in [1.165, 1.54) is 17.7 Å². The standard InChI is InChI=1S/C17H25N3O2.ClH/c1-20(2)17(22)15-7-3-6-14(11-15)16(21)19-10-8-13-5-4-9-18-12-13;/h3,6-7,11,13,18H,4-5,8-10,12H2,1-2H3,(H,19,21);1H. The Morgan fingerprint density at radius 2 is 2.04 bits per heavy atom. The molecule has 2 rings (SSSR count). The quantitative estimate of drug-likeness (QED) is 0.861. The summed E-state index contributed by atoms with van der Waals surface area (Å²) in [4.78, 5) is 25.6. The fourth-order valence-corrected chi connectivity index (χ4v) is 2.71. The number of carbonyl (C=O) groups excluding carboxylic acids is 2. The Balaban J connectivity index is 0.00000264. The molecule has 2 amide bonds. The van der Waals surface area contributed by atoms with E-state index in [9.17, 15) is 9.59 Å². The molecule has 128 valence electrons. The van der Waals surface area contributed by atoms with Crippen LogP contribution >= 0.6 is 12.4 Å². The first-order valence-electron chi connectivity index (χ1n) is 7.88. The fourth-order valence-electron chi connectivity index (χ4n) is 2.71. The van der Waals surface area contributed by atoms with Gasteiger partial charge >= 0.3 is 0 Å². The van der Waals surface area contributed by atoms with E-state index in [0.717, 1.165) is 19.5 Å². The molecule has 1 atom stereocenters. The Hall–Kier alpha value is -1.59. The topological polar surface area (TPSA) is 61.4 Å². The summed E-state index contributed by atoms with van der Waals surface area (Å²) in [6.07, 6.45) is 3.44. The van der Waals surface area contributed by atoms with Crippen molar-refractivity contribution in [2.45, 2.75) is 19.3 Å². The lowest BCUT2D eigenvalue weighted by Crippen LogP contribution is -2.33. The van der Waals surface area contributed by atoms with Crippen LogP contribution in [0, 0.1) is 5.92 Å². The highest BCUT2D eigenvalue weighted by Gasteiger charge is 2.14. The van der Waals surface area contributed by atoms with Crippen molar-refractivity contribution in [1.29, 1.82) is 0 Å². The Bertz CT molecular complexity index is 528. The minimum atomic E-state index is -0.114. The second kappa shape index (κ2) is 9.53. The molecule has 0 aromatic heterocycles. The average molecular weight is 340 g/mol. The highest BCUT2D eigenvalue weighted by atomic mass is 35.5. The second-order valence-corrected chi connectivity index (χ2v) is 6.04. The molecule has 0 radical (unpaired) electrons. The number of amides is 2. The fraction of sp³-hybridized carbons (Fsp3) is 0.529. The number of nitrogens with one attached hydrogen (secondary N) is 2. The zero-order valence-corrected chi connectivity index (χ0v) is 14.6. The molecule has 1 aliphatic heterocycles. The predicted molar refractivity (Wildman–Crippen MR) is 94.3 cm³/mol. The van der Waals surface area contributed by atoms with Gasteiger partial charge in [0, 0.05) is 31.8 Å². The molecule has 0 bridgehead atoms. The normalized spacial score (nSPS) is 17.0. The van der Waals surface area contributed by atoms with Gasteiger partial charge in [0.2, 0.25) is 0 Å². The van der Waals surface area contributed by atoms with E-state index in [1.807, 2.05) is 0 Å². The summed E-state index contributed by atoms with van der Waals surface area (Å²) >= 11 is 0. The van der Waals surface area contributed by atoms with Gasteiger partial charge in [-0.2, -0.15) is 0 Å². The lowest BCUT2D eigenvalue weighted by molar-refractivity contribution is 0.0827. The van der Waals surface area contributed by atoms with Crippen molar-refractivity contribution in [2.75, 3.05) is 33.7 Å².